The van der Waals surface area contributed by atoms with Gasteiger partial charge in [0.2, 0.25) is 5.91 Å². The SMILES string of the molecule is O=C(Cc1ccccc1)NNC(=O)c1ccco1. The summed E-state index contributed by atoms with van der Waals surface area (Å²) in [6, 6.07) is 12.4. The van der Waals surface area contributed by atoms with E-state index in [-0.39, 0.29) is 18.1 Å². The standard InChI is InChI=1S/C13H12N2O3/c16-12(9-10-5-2-1-3-6-10)14-15-13(17)11-7-4-8-18-11/h1-8H,9H2,(H,14,16)(H,15,17). The lowest BCUT2D eigenvalue weighted by Gasteiger charge is -2.05. The summed E-state index contributed by atoms with van der Waals surface area (Å²) >= 11 is 0. The average molecular weight is 244 g/mol. The van der Waals surface area contributed by atoms with Gasteiger partial charge >= 0.3 is 5.91 Å². The number of hydrazine groups is 1. The lowest BCUT2D eigenvalue weighted by Crippen LogP contribution is -2.42. The molecule has 0 aliphatic carbocycles. The van der Waals surface area contributed by atoms with Gasteiger partial charge in [-0.3, -0.25) is 20.4 Å². The molecular weight excluding hydrogens is 232 g/mol. The molecule has 1 heterocycles. The highest BCUT2D eigenvalue weighted by Crippen LogP contribution is 2.00. The Hall–Kier alpha value is -2.56. The Morgan fingerprint density at radius 1 is 1.00 bits per heavy atom. The van der Waals surface area contributed by atoms with Crippen LogP contribution in [0.3, 0.4) is 0 Å². The summed E-state index contributed by atoms with van der Waals surface area (Å²) in [5.74, 6) is -0.627. The largest absolute Gasteiger partial charge is 0.459 e. The van der Waals surface area contributed by atoms with Gasteiger partial charge in [0.25, 0.3) is 0 Å². The number of rotatable bonds is 3. The maximum Gasteiger partial charge on any atom is 0.305 e. The molecule has 2 rings (SSSR count). The average Bonchev–Trinajstić information content (AvgIpc) is 2.91. The van der Waals surface area contributed by atoms with Crippen molar-refractivity contribution in [3.63, 3.8) is 0 Å². The van der Waals surface area contributed by atoms with E-state index in [9.17, 15) is 9.59 Å². The zero-order valence-corrected chi connectivity index (χ0v) is 9.55. The lowest BCUT2D eigenvalue weighted by atomic mass is 10.1. The van der Waals surface area contributed by atoms with Crippen LogP contribution in [-0.4, -0.2) is 11.8 Å². The van der Waals surface area contributed by atoms with Crippen LogP contribution in [0.1, 0.15) is 16.1 Å². The van der Waals surface area contributed by atoms with Crippen molar-refractivity contribution < 1.29 is 14.0 Å². The molecule has 92 valence electrons. The first-order valence-electron chi connectivity index (χ1n) is 5.42. The van der Waals surface area contributed by atoms with Crippen molar-refractivity contribution in [3.05, 3.63) is 60.1 Å². The molecule has 0 aliphatic heterocycles. The Labute approximate surface area is 104 Å². The molecule has 0 spiro atoms. The van der Waals surface area contributed by atoms with Crippen LogP contribution in [0.4, 0.5) is 0 Å². The molecule has 0 fully saturated rings. The van der Waals surface area contributed by atoms with Gasteiger partial charge in [-0.2, -0.15) is 0 Å². The number of hydrogen-bond donors (Lipinski definition) is 2. The van der Waals surface area contributed by atoms with Crippen molar-refractivity contribution in [1.29, 1.82) is 0 Å². The molecular formula is C13H12N2O3. The normalized spacial score (nSPS) is 9.78. The first kappa shape index (κ1) is 11.9. The molecule has 1 aromatic heterocycles. The van der Waals surface area contributed by atoms with Gasteiger partial charge in [-0.05, 0) is 17.7 Å². The molecule has 2 N–H and O–H groups in total. The molecule has 0 aliphatic rings. The number of nitrogens with one attached hydrogen (secondary N) is 2. The van der Waals surface area contributed by atoms with Gasteiger partial charge in [-0.25, -0.2) is 0 Å². The Morgan fingerprint density at radius 2 is 1.78 bits per heavy atom. The molecule has 0 saturated carbocycles. The number of carbonyl (C=O) groups is 2. The van der Waals surface area contributed by atoms with Crippen molar-refractivity contribution in [2.24, 2.45) is 0 Å². The van der Waals surface area contributed by atoms with Gasteiger partial charge in [-0.1, -0.05) is 30.3 Å². The molecule has 0 atom stereocenters. The third-order valence-electron chi connectivity index (χ3n) is 2.27. The number of carbonyl (C=O) groups excluding carboxylic acids is 2. The first-order valence-corrected chi connectivity index (χ1v) is 5.42. The predicted molar refractivity (Wildman–Crippen MR) is 64.5 cm³/mol. The second kappa shape index (κ2) is 5.67. The second-order valence-electron chi connectivity index (χ2n) is 3.64. The summed E-state index contributed by atoms with van der Waals surface area (Å²) in [5, 5.41) is 0. The quantitative estimate of drug-likeness (QED) is 0.799. The third kappa shape index (κ3) is 3.21. The monoisotopic (exact) mass is 244 g/mol. The molecule has 0 radical (unpaired) electrons. The summed E-state index contributed by atoms with van der Waals surface area (Å²) in [5.41, 5.74) is 5.47. The van der Waals surface area contributed by atoms with Gasteiger partial charge in [0.15, 0.2) is 5.76 Å². The number of furan rings is 1. The smallest absolute Gasteiger partial charge is 0.305 e. The van der Waals surface area contributed by atoms with E-state index in [2.05, 4.69) is 10.9 Å². The van der Waals surface area contributed by atoms with Gasteiger partial charge in [0.1, 0.15) is 0 Å². The van der Waals surface area contributed by atoms with Crippen LogP contribution in [0, 0.1) is 0 Å². The van der Waals surface area contributed by atoms with Crippen LogP contribution < -0.4 is 10.9 Å². The van der Waals surface area contributed by atoms with Gasteiger partial charge in [-0.15, -0.1) is 0 Å². The maximum atomic E-state index is 11.5. The van der Waals surface area contributed by atoms with Crippen molar-refractivity contribution in [3.8, 4) is 0 Å². The Balaban J connectivity index is 1.80. The van der Waals surface area contributed by atoms with Crippen LogP contribution in [0.2, 0.25) is 0 Å². The van der Waals surface area contributed by atoms with Crippen LogP contribution >= 0.6 is 0 Å². The molecule has 2 aromatic rings. The maximum absolute atomic E-state index is 11.5. The fraction of sp³-hybridized carbons (Fsp3) is 0.0769. The molecule has 18 heavy (non-hydrogen) atoms. The minimum absolute atomic E-state index is 0.148. The first-order chi connectivity index (χ1) is 8.75. The molecule has 1 aromatic carbocycles. The summed E-state index contributed by atoms with van der Waals surface area (Å²) in [7, 11) is 0. The van der Waals surface area contributed by atoms with Crippen molar-refractivity contribution in [1.82, 2.24) is 10.9 Å². The van der Waals surface area contributed by atoms with E-state index >= 15 is 0 Å². The highest BCUT2D eigenvalue weighted by Gasteiger charge is 2.09. The summed E-state index contributed by atoms with van der Waals surface area (Å²) in [6.45, 7) is 0. The Morgan fingerprint density at radius 3 is 2.44 bits per heavy atom. The summed E-state index contributed by atoms with van der Waals surface area (Å²) < 4.78 is 4.88. The van der Waals surface area contributed by atoms with Gasteiger partial charge in [0.05, 0.1) is 12.7 Å². The van der Waals surface area contributed by atoms with Gasteiger partial charge < -0.3 is 4.42 Å². The molecule has 0 unspecified atom stereocenters. The fourth-order valence-corrected chi connectivity index (χ4v) is 1.42. The van der Waals surface area contributed by atoms with E-state index in [0.29, 0.717) is 0 Å². The zero-order chi connectivity index (χ0) is 12.8. The molecule has 0 saturated heterocycles. The molecule has 2 amide bonds. The Bertz CT molecular complexity index is 520. The highest BCUT2D eigenvalue weighted by molar-refractivity contribution is 5.93. The van der Waals surface area contributed by atoms with E-state index in [1.165, 1.54) is 12.3 Å². The van der Waals surface area contributed by atoms with E-state index in [1.54, 1.807) is 6.07 Å². The minimum atomic E-state index is -0.485. The zero-order valence-electron chi connectivity index (χ0n) is 9.55. The molecule has 5 heteroatoms. The van der Waals surface area contributed by atoms with Gasteiger partial charge in [0, 0.05) is 0 Å². The van der Waals surface area contributed by atoms with Crippen LogP contribution in [0.25, 0.3) is 0 Å². The number of hydrogen-bond acceptors (Lipinski definition) is 3. The lowest BCUT2D eigenvalue weighted by molar-refractivity contribution is -0.121. The van der Waals surface area contributed by atoms with E-state index in [0.717, 1.165) is 5.56 Å². The van der Waals surface area contributed by atoms with Crippen LogP contribution in [0.15, 0.2) is 53.1 Å². The van der Waals surface area contributed by atoms with Crippen molar-refractivity contribution >= 4 is 11.8 Å². The fourth-order valence-electron chi connectivity index (χ4n) is 1.42. The van der Waals surface area contributed by atoms with Crippen molar-refractivity contribution in [2.75, 3.05) is 0 Å². The van der Waals surface area contributed by atoms with Crippen LogP contribution in [-0.2, 0) is 11.2 Å². The number of benzene rings is 1. The topological polar surface area (TPSA) is 71.3 Å². The van der Waals surface area contributed by atoms with E-state index in [1.807, 2.05) is 30.3 Å². The summed E-state index contributed by atoms with van der Waals surface area (Å²) in [4.78, 5) is 23.0. The molecule has 5 nitrogen and oxygen atoms in total. The summed E-state index contributed by atoms with van der Waals surface area (Å²) in [6.07, 6.45) is 1.60. The van der Waals surface area contributed by atoms with Crippen LogP contribution in [0.5, 0.6) is 0 Å². The molecule has 0 bridgehead atoms. The number of amides is 2. The predicted octanol–water partition coefficient (Wildman–Crippen LogP) is 1.28. The van der Waals surface area contributed by atoms with E-state index in [4.69, 9.17) is 4.42 Å². The third-order valence-corrected chi connectivity index (χ3v) is 2.27. The minimum Gasteiger partial charge on any atom is -0.459 e. The van der Waals surface area contributed by atoms with E-state index < -0.39 is 5.91 Å². The highest BCUT2D eigenvalue weighted by atomic mass is 16.3. The Kier molecular flexibility index (Phi) is 3.76. The second-order valence-corrected chi connectivity index (χ2v) is 3.64. The van der Waals surface area contributed by atoms with Crippen molar-refractivity contribution in [2.45, 2.75) is 6.42 Å².